The smallest absolute Gasteiger partial charge is 0.253 e. The fourth-order valence-corrected chi connectivity index (χ4v) is 3.39. The second kappa shape index (κ2) is 10.9. The Balaban J connectivity index is 1.44. The zero-order valence-corrected chi connectivity index (χ0v) is 18.2. The molecule has 0 saturated carbocycles. The van der Waals surface area contributed by atoms with Crippen LogP contribution in [-0.4, -0.2) is 53.7 Å². The summed E-state index contributed by atoms with van der Waals surface area (Å²) in [5, 5.41) is 17.0. The molecule has 0 spiro atoms. The average molecular weight is 443 g/mol. The highest BCUT2D eigenvalue weighted by atomic mass is 35.5. The summed E-state index contributed by atoms with van der Waals surface area (Å²) in [6, 6.07) is 12.4. The molecule has 31 heavy (non-hydrogen) atoms. The second-order valence-corrected chi connectivity index (χ2v) is 7.89. The number of amides is 1. The van der Waals surface area contributed by atoms with E-state index in [1.807, 2.05) is 30.3 Å². The molecule has 2 heterocycles. The van der Waals surface area contributed by atoms with Gasteiger partial charge in [-0.15, -0.1) is 0 Å². The van der Waals surface area contributed by atoms with Crippen molar-refractivity contribution in [2.45, 2.75) is 19.1 Å². The minimum Gasteiger partial charge on any atom is -0.387 e. The normalized spacial score (nSPS) is 14.3. The van der Waals surface area contributed by atoms with Crippen LogP contribution in [0, 0.1) is 0 Å². The Morgan fingerprint density at radius 2 is 2.00 bits per heavy atom. The van der Waals surface area contributed by atoms with Crippen LogP contribution in [0.4, 0.5) is 0 Å². The molecule has 1 unspecified atom stereocenters. The molecule has 1 amide bonds. The molecule has 0 radical (unpaired) electrons. The largest absolute Gasteiger partial charge is 0.387 e. The number of halogens is 1. The molecule has 1 aliphatic heterocycles. The summed E-state index contributed by atoms with van der Waals surface area (Å²) < 4.78 is 0. The van der Waals surface area contributed by atoms with Crippen molar-refractivity contribution in [2.75, 3.05) is 26.7 Å². The Bertz CT molecular complexity index is 1010. The number of nitrogens with zero attached hydrogens (tertiary/aromatic N) is 1. The quantitative estimate of drug-likeness (QED) is 0.350. The van der Waals surface area contributed by atoms with Crippen LogP contribution in [0.3, 0.4) is 0 Å². The molecule has 0 bridgehead atoms. The van der Waals surface area contributed by atoms with E-state index >= 15 is 0 Å². The van der Waals surface area contributed by atoms with Gasteiger partial charge in [-0.25, -0.2) is 0 Å². The number of dihydropyridines is 1. The van der Waals surface area contributed by atoms with Gasteiger partial charge in [-0.05, 0) is 48.4 Å². The number of aliphatic hydroxyl groups is 1. The van der Waals surface area contributed by atoms with Crippen LogP contribution < -0.4 is 16.2 Å². The highest BCUT2D eigenvalue weighted by molar-refractivity contribution is 6.29. The van der Waals surface area contributed by atoms with Gasteiger partial charge in [0.05, 0.1) is 12.6 Å². The minimum atomic E-state index is -0.566. The molecule has 8 heteroatoms. The molecule has 0 fully saturated rings. The van der Waals surface area contributed by atoms with Crippen molar-refractivity contribution in [1.82, 2.24) is 20.5 Å². The lowest BCUT2D eigenvalue weighted by atomic mass is 10.1. The maximum absolute atomic E-state index is 12.6. The van der Waals surface area contributed by atoms with Crippen molar-refractivity contribution in [2.24, 2.45) is 0 Å². The van der Waals surface area contributed by atoms with E-state index in [0.717, 1.165) is 17.6 Å². The molecule has 2 aromatic rings. The first-order valence-electron chi connectivity index (χ1n) is 10.1. The second-order valence-electron chi connectivity index (χ2n) is 7.48. The lowest BCUT2D eigenvalue weighted by Crippen LogP contribution is -2.33. The van der Waals surface area contributed by atoms with Crippen LogP contribution in [0.15, 0.2) is 70.1 Å². The number of H-pyrrole nitrogens is 1. The van der Waals surface area contributed by atoms with Gasteiger partial charge in [0.25, 0.3) is 5.91 Å². The summed E-state index contributed by atoms with van der Waals surface area (Å²) in [6.45, 7) is 2.05. The van der Waals surface area contributed by atoms with Crippen LogP contribution in [-0.2, 0) is 13.0 Å². The average Bonchev–Trinajstić information content (AvgIpc) is 2.77. The summed E-state index contributed by atoms with van der Waals surface area (Å²) in [6.07, 6.45) is 3.80. The molecule has 164 valence electrons. The maximum Gasteiger partial charge on any atom is 0.253 e. The molecule has 1 aliphatic rings. The minimum absolute atomic E-state index is 0.110. The van der Waals surface area contributed by atoms with Gasteiger partial charge in [0, 0.05) is 37.5 Å². The SMILES string of the molecule is CN(Cc1cccc(=O)[nH]1)C(=O)c1ccc(CCNCC(O)C2=CC=C(Cl)NC2)cc1. The molecule has 1 aromatic heterocycles. The van der Waals surface area contributed by atoms with Crippen molar-refractivity contribution in [3.63, 3.8) is 0 Å². The van der Waals surface area contributed by atoms with Crippen LogP contribution in [0.1, 0.15) is 21.6 Å². The molecule has 7 nitrogen and oxygen atoms in total. The molecule has 0 saturated heterocycles. The monoisotopic (exact) mass is 442 g/mol. The Morgan fingerprint density at radius 3 is 2.68 bits per heavy atom. The third-order valence-electron chi connectivity index (χ3n) is 5.05. The van der Waals surface area contributed by atoms with Gasteiger partial charge < -0.3 is 25.6 Å². The number of carbonyl (C=O) groups excluding carboxylic acids is 1. The van der Waals surface area contributed by atoms with Gasteiger partial charge in [0.15, 0.2) is 0 Å². The first-order chi connectivity index (χ1) is 14.9. The van der Waals surface area contributed by atoms with Crippen molar-refractivity contribution in [3.05, 3.63) is 92.5 Å². The van der Waals surface area contributed by atoms with E-state index in [4.69, 9.17) is 11.6 Å². The van der Waals surface area contributed by atoms with Crippen LogP contribution in [0.5, 0.6) is 0 Å². The van der Waals surface area contributed by atoms with Crippen molar-refractivity contribution in [1.29, 1.82) is 0 Å². The number of aromatic amines is 1. The molecule has 4 N–H and O–H groups in total. The highest BCUT2D eigenvalue weighted by Gasteiger charge is 2.14. The highest BCUT2D eigenvalue weighted by Crippen LogP contribution is 2.11. The standard InChI is InChI=1S/C23H27ClN4O3/c1-28(15-19-3-2-4-22(30)27-19)23(31)17-7-5-16(6-8-17)11-12-25-14-20(29)18-9-10-21(24)26-13-18/h2-10,20,25-26,29H,11-15H2,1H3,(H,27,30). The molecular formula is C23H27ClN4O3. The van der Waals surface area contributed by atoms with E-state index in [0.29, 0.717) is 42.6 Å². The molecule has 1 atom stereocenters. The number of carbonyl (C=O) groups is 1. The topological polar surface area (TPSA) is 97.5 Å². The lowest BCUT2D eigenvalue weighted by Gasteiger charge is -2.19. The summed E-state index contributed by atoms with van der Waals surface area (Å²) in [5.74, 6) is -0.110. The number of hydrogen-bond donors (Lipinski definition) is 4. The predicted molar refractivity (Wildman–Crippen MR) is 122 cm³/mol. The van der Waals surface area contributed by atoms with Gasteiger partial charge in [-0.3, -0.25) is 9.59 Å². The lowest BCUT2D eigenvalue weighted by molar-refractivity contribution is 0.0783. The van der Waals surface area contributed by atoms with E-state index in [9.17, 15) is 14.7 Å². The number of aromatic nitrogens is 1. The van der Waals surface area contributed by atoms with E-state index in [-0.39, 0.29) is 11.5 Å². The molecule has 1 aromatic carbocycles. The third kappa shape index (κ3) is 6.82. The summed E-state index contributed by atoms with van der Waals surface area (Å²) in [5.41, 5.74) is 3.09. The first-order valence-corrected chi connectivity index (χ1v) is 10.5. The third-order valence-corrected chi connectivity index (χ3v) is 5.30. The summed E-state index contributed by atoms with van der Waals surface area (Å²) in [7, 11) is 1.71. The zero-order chi connectivity index (χ0) is 22.2. The number of nitrogens with one attached hydrogen (secondary N) is 3. The number of rotatable bonds is 9. The predicted octanol–water partition coefficient (Wildman–Crippen LogP) is 1.75. The summed E-state index contributed by atoms with van der Waals surface area (Å²) >= 11 is 5.84. The molecular weight excluding hydrogens is 416 g/mol. The van der Waals surface area contributed by atoms with E-state index in [1.54, 1.807) is 30.2 Å². The van der Waals surface area contributed by atoms with Crippen molar-refractivity contribution < 1.29 is 9.90 Å². The van der Waals surface area contributed by atoms with Gasteiger partial charge in [-0.1, -0.05) is 35.9 Å². The number of allylic oxidation sites excluding steroid dienone is 2. The Hall–Kier alpha value is -2.87. The Labute approximate surface area is 186 Å². The van der Waals surface area contributed by atoms with Gasteiger partial charge >= 0.3 is 0 Å². The zero-order valence-electron chi connectivity index (χ0n) is 17.4. The number of hydrogen-bond acceptors (Lipinski definition) is 5. The van der Waals surface area contributed by atoms with Crippen molar-refractivity contribution in [3.8, 4) is 0 Å². The van der Waals surface area contributed by atoms with Gasteiger partial charge in [0.1, 0.15) is 5.16 Å². The van der Waals surface area contributed by atoms with Gasteiger partial charge in [0.2, 0.25) is 5.56 Å². The van der Waals surface area contributed by atoms with E-state index in [1.165, 1.54) is 6.07 Å². The number of pyridine rings is 1. The fraction of sp³-hybridized carbons (Fsp3) is 0.304. The maximum atomic E-state index is 12.6. The fourth-order valence-electron chi connectivity index (χ4n) is 3.26. The Kier molecular flexibility index (Phi) is 8.06. The number of benzene rings is 1. The van der Waals surface area contributed by atoms with E-state index < -0.39 is 6.10 Å². The van der Waals surface area contributed by atoms with Crippen molar-refractivity contribution >= 4 is 17.5 Å². The van der Waals surface area contributed by atoms with Crippen LogP contribution >= 0.6 is 11.6 Å². The molecule has 3 rings (SSSR count). The number of aliphatic hydroxyl groups excluding tert-OH is 1. The van der Waals surface area contributed by atoms with E-state index in [2.05, 4.69) is 15.6 Å². The van der Waals surface area contributed by atoms with Crippen LogP contribution in [0.25, 0.3) is 0 Å². The molecule has 0 aliphatic carbocycles. The van der Waals surface area contributed by atoms with Crippen LogP contribution in [0.2, 0.25) is 0 Å². The first kappa shape index (κ1) is 22.8. The Morgan fingerprint density at radius 1 is 1.23 bits per heavy atom. The van der Waals surface area contributed by atoms with Gasteiger partial charge in [-0.2, -0.15) is 0 Å². The summed E-state index contributed by atoms with van der Waals surface area (Å²) in [4.78, 5) is 28.3.